The van der Waals surface area contributed by atoms with Crippen LogP contribution >= 0.6 is 0 Å². The van der Waals surface area contributed by atoms with Crippen molar-refractivity contribution >= 4 is 11.7 Å². The van der Waals surface area contributed by atoms with Gasteiger partial charge in [0.1, 0.15) is 17.6 Å². The number of ether oxygens (including phenoxy) is 1. The number of amides is 1. The number of hydrogen-bond acceptors (Lipinski definition) is 5. The zero-order valence-electron chi connectivity index (χ0n) is 16.0. The average molecular weight is 376 g/mol. The van der Waals surface area contributed by atoms with Crippen molar-refractivity contribution in [3.8, 4) is 11.8 Å². The number of rotatable bonds is 5. The number of aromatic nitrogens is 1. The zero-order chi connectivity index (χ0) is 19.5. The number of benzene rings is 1. The third kappa shape index (κ3) is 3.79. The third-order valence-corrected chi connectivity index (χ3v) is 5.83. The summed E-state index contributed by atoms with van der Waals surface area (Å²) in [5.41, 5.74) is 1.74. The monoisotopic (exact) mass is 376 g/mol. The fourth-order valence-electron chi connectivity index (χ4n) is 4.22. The van der Waals surface area contributed by atoms with Gasteiger partial charge in [0.2, 0.25) is 5.91 Å². The molecule has 0 radical (unpaired) electrons. The highest BCUT2D eigenvalue weighted by atomic mass is 16.5. The smallest absolute Gasteiger partial charge is 0.222 e. The predicted octanol–water partition coefficient (Wildman–Crippen LogP) is 2.49. The standard InChI is InChI=1S/C22H24N4O2/c1-28-20-6-2-16(3-7-20)5-9-22(27)26-14-18-12-25(13-19(18)15-26)21-8-4-17(10-23)11-24-21/h2-4,6-8,11,18-19H,5,9,12-15H2,1H3. The number of nitriles is 1. The number of aryl methyl sites for hydroxylation is 1. The first kappa shape index (κ1) is 18.3. The van der Waals surface area contributed by atoms with Crippen LogP contribution in [-0.4, -0.2) is 49.1 Å². The number of pyridine rings is 1. The van der Waals surface area contributed by atoms with E-state index in [-0.39, 0.29) is 5.91 Å². The van der Waals surface area contributed by atoms with Gasteiger partial charge in [-0.2, -0.15) is 5.26 Å². The maximum atomic E-state index is 12.6. The van der Waals surface area contributed by atoms with Crippen LogP contribution in [0.15, 0.2) is 42.6 Å². The van der Waals surface area contributed by atoms with Gasteiger partial charge in [0.25, 0.3) is 0 Å². The lowest BCUT2D eigenvalue weighted by Crippen LogP contribution is -2.33. The number of likely N-dealkylation sites (tertiary alicyclic amines) is 1. The molecule has 6 heteroatoms. The van der Waals surface area contributed by atoms with Crippen LogP contribution in [0.3, 0.4) is 0 Å². The lowest BCUT2D eigenvalue weighted by molar-refractivity contribution is -0.130. The molecule has 0 saturated carbocycles. The molecule has 2 aliphatic rings. The van der Waals surface area contributed by atoms with E-state index in [9.17, 15) is 4.79 Å². The molecule has 144 valence electrons. The minimum Gasteiger partial charge on any atom is -0.497 e. The van der Waals surface area contributed by atoms with Gasteiger partial charge in [-0.1, -0.05) is 12.1 Å². The Bertz CT molecular complexity index is 859. The van der Waals surface area contributed by atoms with Gasteiger partial charge in [0.15, 0.2) is 0 Å². The number of fused-ring (bicyclic) bond motifs is 1. The van der Waals surface area contributed by atoms with E-state index in [0.717, 1.165) is 49.7 Å². The normalized spacial score (nSPS) is 20.7. The summed E-state index contributed by atoms with van der Waals surface area (Å²) in [6.07, 6.45) is 2.93. The summed E-state index contributed by atoms with van der Waals surface area (Å²) >= 11 is 0. The maximum Gasteiger partial charge on any atom is 0.222 e. The molecule has 0 spiro atoms. The molecular weight excluding hydrogens is 352 g/mol. The van der Waals surface area contributed by atoms with Crippen molar-refractivity contribution in [2.24, 2.45) is 11.8 Å². The minimum atomic E-state index is 0.244. The van der Waals surface area contributed by atoms with Gasteiger partial charge >= 0.3 is 0 Å². The van der Waals surface area contributed by atoms with Crippen LogP contribution in [0.5, 0.6) is 5.75 Å². The largest absolute Gasteiger partial charge is 0.497 e. The average Bonchev–Trinajstić information content (AvgIpc) is 3.32. The van der Waals surface area contributed by atoms with E-state index in [4.69, 9.17) is 10.00 Å². The van der Waals surface area contributed by atoms with Gasteiger partial charge in [-0.3, -0.25) is 4.79 Å². The predicted molar refractivity (Wildman–Crippen MR) is 106 cm³/mol. The molecule has 1 amide bonds. The van der Waals surface area contributed by atoms with Gasteiger partial charge in [-0.05, 0) is 36.2 Å². The lowest BCUT2D eigenvalue weighted by Gasteiger charge is -2.22. The molecule has 4 rings (SSSR count). The molecule has 2 saturated heterocycles. The van der Waals surface area contributed by atoms with Gasteiger partial charge < -0.3 is 14.5 Å². The molecule has 2 atom stereocenters. The summed E-state index contributed by atoms with van der Waals surface area (Å²) in [7, 11) is 1.65. The summed E-state index contributed by atoms with van der Waals surface area (Å²) in [4.78, 5) is 21.3. The summed E-state index contributed by atoms with van der Waals surface area (Å²) in [6.45, 7) is 3.51. The second kappa shape index (κ2) is 7.89. The highest BCUT2D eigenvalue weighted by molar-refractivity contribution is 5.77. The van der Waals surface area contributed by atoms with Crippen molar-refractivity contribution < 1.29 is 9.53 Å². The van der Waals surface area contributed by atoms with Crippen LogP contribution in [-0.2, 0) is 11.2 Å². The van der Waals surface area contributed by atoms with Crippen molar-refractivity contribution in [3.05, 3.63) is 53.7 Å². The number of nitrogens with zero attached hydrogens (tertiary/aromatic N) is 4. The molecule has 2 aliphatic heterocycles. The van der Waals surface area contributed by atoms with Gasteiger partial charge in [0.05, 0.1) is 12.7 Å². The van der Waals surface area contributed by atoms with Crippen molar-refractivity contribution in [3.63, 3.8) is 0 Å². The Kier molecular flexibility index (Phi) is 5.16. The maximum absolute atomic E-state index is 12.6. The zero-order valence-corrected chi connectivity index (χ0v) is 16.0. The Morgan fingerprint density at radius 1 is 1.14 bits per heavy atom. The molecular formula is C22H24N4O2. The molecule has 28 heavy (non-hydrogen) atoms. The Morgan fingerprint density at radius 3 is 2.43 bits per heavy atom. The van der Waals surface area contributed by atoms with Crippen molar-refractivity contribution in [2.75, 3.05) is 38.2 Å². The highest BCUT2D eigenvalue weighted by Crippen LogP contribution is 2.33. The third-order valence-electron chi connectivity index (χ3n) is 5.83. The van der Waals surface area contributed by atoms with Crippen LogP contribution in [0.25, 0.3) is 0 Å². The van der Waals surface area contributed by atoms with Gasteiger partial charge in [0, 0.05) is 50.6 Å². The molecule has 6 nitrogen and oxygen atoms in total. The van der Waals surface area contributed by atoms with E-state index in [2.05, 4.69) is 16.0 Å². The summed E-state index contributed by atoms with van der Waals surface area (Å²) in [5.74, 6) is 3.01. The van der Waals surface area contributed by atoms with Crippen molar-refractivity contribution in [2.45, 2.75) is 12.8 Å². The van der Waals surface area contributed by atoms with E-state index >= 15 is 0 Å². The van der Waals surface area contributed by atoms with Crippen LogP contribution in [0, 0.1) is 23.2 Å². The summed E-state index contributed by atoms with van der Waals surface area (Å²) < 4.78 is 5.17. The van der Waals surface area contributed by atoms with Crippen molar-refractivity contribution in [1.29, 1.82) is 5.26 Å². The molecule has 0 aliphatic carbocycles. The first-order valence-corrected chi connectivity index (χ1v) is 9.68. The quantitative estimate of drug-likeness (QED) is 0.802. The number of carbonyl (C=O) groups excluding carboxylic acids is 1. The fourth-order valence-corrected chi connectivity index (χ4v) is 4.22. The number of anilines is 1. The SMILES string of the molecule is COc1ccc(CCC(=O)N2CC3CN(c4ccc(C#N)cn4)CC3C2)cc1. The van der Waals surface area contributed by atoms with E-state index in [0.29, 0.717) is 23.8 Å². The molecule has 2 aromatic rings. The van der Waals surface area contributed by atoms with Crippen LogP contribution in [0.2, 0.25) is 0 Å². The van der Waals surface area contributed by atoms with E-state index in [1.807, 2.05) is 41.3 Å². The summed E-state index contributed by atoms with van der Waals surface area (Å²) in [5, 5.41) is 8.90. The van der Waals surface area contributed by atoms with Gasteiger partial charge in [-0.25, -0.2) is 4.98 Å². The van der Waals surface area contributed by atoms with Crippen molar-refractivity contribution in [1.82, 2.24) is 9.88 Å². The highest BCUT2D eigenvalue weighted by Gasteiger charge is 2.41. The Balaban J connectivity index is 1.28. The Labute approximate surface area is 165 Å². The minimum absolute atomic E-state index is 0.244. The molecule has 0 N–H and O–H groups in total. The molecule has 1 aromatic heterocycles. The number of methoxy groups -OCH3 is 1. The summed E-state index contributed by atoms with van der Waals surface area (Å²) in [6, 6.07) is 13.7. The van der Waals surface area contributed by atoms with E-state index < -0.39 is 0 Å². The van der Waals surface area contributed by atoms with E-state index in [1.54, 1.807) is 13.3 Å². The number of carbonyl (C=O) groups is 1. The van der Waals surface area contributed by atoms with Crippen LogP contribution in [0.4, 0.5) is 5.82 Å². The Morgan fingerprint density at radius 2 is 1.86 bits per heavy atom. The van der Waals surface area contributed by atoms with Gasteiger partial charge in [-0.15, -0.1) is 0 Å². The van der Waals surface area contributed by atoms with Crippen LogP contribution < -0.4 is 9.64 Å². The first-order chi connectivity index (χ1) is 13.7. The molecule has 3 heterocycles. The molecule has 2 unspecified atom stereocenters. The first-order valence-electron chi connectivity index (χ1n) is 9.68. The topological polar surface area (TPSA) is 69.5 Å². The second-order valence-electron chi connectivity index (χ2n) is 7.59. The molecule has 2 fully saturated rings. The van der Waals surface area contributed by atoms with E-state index in [1.165, 1.54) is 0 Å². The lowest BCUT2D eigenvalue weighted by atomic mass is 10.0. The number of hydrogen-bond donors (Lipinski definition) is 0. The van der Waals surface area contributed by atoms with Crippen LogP contribution in [0.1, 0.15) is 17.5 Å². The molecule has 0 bridgehead atoms. The second-order valence-corrected chi connectivity index (χ2v) is 7.59. The molecule has 1 aromatic carbocycles. The fraction of sp³-hybridized carbons (Fsp3) is 0.409. The Hall–Kier alpha value is -3.07.